The van der Waals surface area contributed by atoms with Crippen molar-refractivity contribution in [3.05, 3.63) is 53.6 Å². The molecule has 0 amide bonds. The predicted molar refractivity (Wildman–Crippen MR) is 86.5 cm³/mol. The Morgan fingerprint density at radius 2 is 1.81 bits per heavy atom. The molecule has 1 atom stereocenters. The van der Waals surface area contributed by atoms with Crippen LogP contribution < -0.4 is 4.74 Å². The van der Waals surface area contributed by atoms with Gasteiger partial charge in [0.05, 0.1) is 13.7 Å². The first kappa shape index (κ1) is 15.5. The topological polar surface area (TPSA) is 32.7 Å². The fourth-order valence-corrected chi connectivity index (χ4v) is 2.36. The van der Waals surface area contributed by atoms with Gasteiger partial charge in [0.1, 0.15) is 5.75 Å². The zero-order valence-corrected chi connectivity index (χ0v) is 13.1. The molecule has 3 nitrogen and oxygen atoms in total. The van der Waals surface area contributed by atoms with E-state index in [0.717, 1.165) is 22.4 Å². The van der Waals surface area contributed by atoms with Crippen LogP contribution in [0.3, 0.4) is 0 Å². The molecule has 0 aliphatic carbocycles. The van der Waals surface area contributed by atoms with Gasteiger partial charge in [-0.3, -0.25) is 0 Å². The normalized spacial score (nSPS) is 12.5. The first-order chi connectivity index (χ1) is 10.1. The van der Waals surface area contributed by atoms with Crippen molar-refractivity contribution in [1.82, 2.24) is 4.90 Å². The molecule has 0 radical (unpaired) electrons. The third kappa shape index (κ3) is 3.43. The van der Waals surface area contributed by atoms with E-state index in [0.29, 0.717) is 6.04 Å². The summed E-state index contributed by atoms with van der Waals surface area (Å²) in [6.07, 6.45) is 0. The molecule has 0 saturated carbocycles. The van der Waals surface area contributed by atoms with Crippen molar-refractivity contribution in [1.29, 1.82) is 0 Å². The molecule has 2 aromatic rings. The Kier molecular flexibility index (Phi) is 4.99. The van der Waals surface area contributed by atoms with Crippen LogP contribution >= 0.6 is 0 Å². The van der Waals surface area contributed by atoms with E-state index in [2.05, 4.69) is 50.2 Å². The molecule has 0 aliphatic rings. The Labute approximate surface area is 126 Å². The molecule has 1 unspecified atom stereocenters. The summed E-state index contributed by atoms with van der Waals surface area (Å²) >= 11 is 0. The number of rotatable bonds is 5. The molecule has 3 heteroatoms. The number of nitrogens with zero attached hydrogens (tertiary/aromatic N) is 1. The van der Waals surface area contributed by atoms with Crippen LogP contribution in [0.15, 0.2) is 42.5 Å². The maximum Gasteiger partial charge on any atom is 0.124 e. The average molecular weight is 285 g/mol. The van der Waals surface area contributed by atoms with E-state index < -0.39 is 0 Å². The number of ether oxygens (including phenoxy) is 1. The molecule has 0 heterocycles. The van der Waals surface area contributed by atoms with Gasteiger partial charge in [-0.15, -0.1) is 0 Å². The van der Waals surface area contributed by atoms with Crippen molar-refractivity contribution >= 4 is 0 Å². The number of hydrogen-bond acceptors (Lipinski definition) is 3. The Balaban J connectivity index is 2.40. The van der Waals surface area contributed by atoms with Crippen LogP contribution in [0, 0.1) is 0 Å². The average Bonchev–Trinajstić information content (AvgIpc) is 2.53. The van der Waals surface area contributed by atoms with Crippen molar-refractivity contribution in [2.75, 3.05) is 21.2 Å². The van der Waals surface area contributed by atoms with E-state index in [9.17, 15) is 5.11 Å². The Morgan fingerprint density at radius 3 is 2.43 bits per heavy atom. The highest BCUT2D eigenvalue weighted by Gasteiger charge is 2.10. The number of benzene rings is 2. The second-order valence-corrected chi connectivity index (χ2v) is 5.45. The quantitative estimate of drug-likeness (QED) is 0.913. The van der Waals surface area contributed by atoms with Crippen LogP contribution in [0.5, 0.6) is 5.75 Å². The standard InChI is InChI=1S/C18H23NO2/c1-13(19(2)3)14-6-5-7-15(10-14)16-8-9-18(21-4)17(11-16)12-20/h5-11,13,20H,12H2,1-4H3. The number of methoxy groups -OCH3 is 1. The van der Waals surface area contributed by atoms with Crippen LogP contribution in [0.2, 0.25) is 0 Å². The zero-order valence-electron chi connectivity index (χ0n) is 13.1. The number of hydrogen-bond donors (Lipinski definition) is 1. The largest absolute Gasteiger partial charge is 0.496 e. The highest BCUT2D eigenvalue weighted by molar-refractivity contribution is 5.66. The molecule has 0 fully saturated rings. The summed E-state index contributed by atoms with van der Waals surface area (Å²) in [5.74, 6) is 0.721. The first-order valence-electron chi connectivity index (χ1n) is 7.11. The second kappa shape index (κ2) is 6.74. The summed E-state index contributed by atoms with van der Waals surface area (Å²) in [7, 11) is 5.77. The predicted octanol–water partition coefficient (Wildman–Crippen LogP) is 3.48. The Hall–Kier alpha value is -1.84. The number of aliphatic hydroxyl groups excluding tert-OH is 1. The fourth-order valence-electron chi connectivity index (χ4n) is 2.36. The van der Waals surface area contributed by atoms with Gasteiger partial charge in [-0.05, 0) is 55.9 Å². The molecule has 0 spiro atoms. The molecular formula is C18H23NO2. The summed E-state index contributed by atoms with van der Waals surface area (Å²) in [5, 5.41) is 9.45. The zero-order chi connectivity index (χ0) is 15.4. The summed E-state index contributed by atoms with van der Waals surface area (Å²) < 4.78 is 5.25. The van der Waals surface area contributed by atoms with E-state index >= 15 is 0 Å². The molecule has 0 aliphatic heterocycles. The lowest BCUT2D eigenvalue weighted by molar-refractivity contribution is 0.274. The van der Waals surface area contributed by atoms with Gasteiger partial charge in [0.25, 0.3) is 0 Å². The second-order valence-electron chi connectivity index (χ2n) is 5.45. The van der Waals surface area contributed by atoms with E-state index in [1.807, 2.05) is 18.2 Å². The maximum atomic E-state index is 9.45. The van der Waals surface area contributed by atoms with Crippen molar-refractivity contribution in [3.8, 4) is 16.9 Å². The molecule has 2 aromatic carbocycles. The Bertz CT molecular complexity index is 608. The molecule has 112 valence electrons. The van der Waals surface area contributed by atoms with Crippen LogP contribution in [0.4, 0.5) is 0 Å². The van der Waals surface area contributed by atoms with Crippen LogP contribution in [0.1, 0.15) is 24.1 Å². The van der Waals surface area contributed by atoms with Gasteiger partial charge in [0.15, 0.2) is 0 Å². The highest BCUT2D eigenvalue weighted by Crippen LogP contribution is 2.29. The van der Waals surface area contributed by atoms with E-state index in [1.54, 1.807) is 7.11 Å². The van der Waals surface area contributed by atoms with Gasteiger partial charge in [-0.2, -0.15) is 0 Å². The summed E-state index contributed by atoms with van der Waals surface area (Å²) in [5.41, 5.74) is 4.33. The lowest BCUT2D eigenvalue weighted by atomic mass is 9.98. The molecule has 0 saturated heterocycles. The molecule has 2 rings (SSSR count). The van der Waals surface area contributed by atoms with Gasteiger partial charge in [0.2, 0.25) is 0 Å². The van der Waals surface area contributed by atoms with Crippen LogP contribution in [-0.2, 0) is 6.61 Å². The Morgan fingerprint density at radius 1 is 1.10 bits per heavy atom. The van der Waals surface area contributed by atoms with Gasteiger partial charge >= 0.3 is 0 Å². The van der Waals surface area contributed by atoms with E-state index in [4.69, 9.17) is 4.74 Å². The molecular weight excluding hydrogens is 262 g/mol. The number of aliphatic hydroxyl groups is 1. The van der Waals surface area contributed by atoms with Crippen molar-refractivity contribution < 1.29 is 9.84 Å². The maximum absolute atomic E-state index is 9.45. The van der Waals surface area contributed by atoms with Crippen molar-refractivity contribution in [2.24, 2.45) is 0 Å². The van der Waals surface area contributed by atoms with Gasteiger partial charge < -0.3 is 14.7 Å². The van der Waals surface area contributed by atoms with Crippen molar-refractivity contribution in [3.63, 3.8) is 0 Å². The van der Waals surface area contributed by atoms with E-state index in [1.165, 1.54) is 5.56 Å². The minimum atomic E-state index is -0.0230. The monoisotopic (exact) mass is 285 g/mol. The molecule has 21 heavy (non-hydrogen) atoms. The van der Waals surface area contributed by atoms with Crippen LogP contribution in [-0.4, -0.2) is 31.2 Å². The summed E-state index contributed by atoms with van der Waals surface area (Å²) in [6.45, 7) is 2.16. The van der Waals surface area contributed by atoms with Gasteiger partial charge in [-0.25, -0.2) is 0 Å². The van der Waals surface area contributed by atoms with Gasteiger partial charge in [0, 0.05) is 11.6 Å². The molecule has 0 aromatic heterocycles. The van der Waals surface area contributed by atoms with E-state index in [-0.39, 0.29) is 6.61 Å². The minimum absolute atomic E-state index is 0.0230. The smallest absolute Gasteiger partial charge is 0.124 e. The van der Waals surface area contributed by atoms with Crippen molar-refractivity contribution in [2.45, 2.75) is 19.6 Å². The lowest BCUT2D eigenvalue weighted by Gasteiger charge is -2.20. The van der Waals surface area contributed by atoms with Crippen LogP contribution in [0.25, 0.3) is 11.1 Å². The SMILES string of the molecule is COc1ccc(-c2cccc(C(C)N(C)C)c2)cc1CO. The van der Waals surface area contributed by atoms with Gasteiger partial charge in [-0.1, -0.05) is 24.3 Å². The third-order valence-electron chi connectivity index (χ3n) is 3.93. The fraction of sp³-hybridized carbons (Fsp3) is 0.333. The molecule has 1 N–H and O–H groups in total. The molecule has 0 bridgehead atoms. The summed E-state index contributed by atoms with van der Waals surface area (Å²) in [4.78, 5) is 2.19. The lowest BCUT2D eigenvalue weighted by Crippen LogP contribution is -2.16. The highest BCUT2D eigenvalue weighted by atomic mass is 16.5. The minimum Gasteiger partial charge on any atom is -0.496 e. The first-order valence-corrected chi connectivity index (χ1v) is 7.11. The third-order valence-corrected chi connectivity index (χ3v) is 3.93. The summed E-state index contributed by atoms with van der Waals surface area (Å²) in [6, 6.07) is 14.8.